The molecule has 0 unspecified atom stereocenters. The average molecular weight is 442 g/mol. The van der Waals surface area contributed by atoms with Gasteiger partial charge < -0.3 is 10.2 Å². The summed E-state index contributed by atoms with van der Waals surface area (Å²) in [4.78, 5) is 27.0. The van der Waals surface area contributed by atoms with Crippen molar-refractivity contribution in [1.29, 1.82) is 0 Å². The van der Waals surface area contributed by atoms with Crippen molar-refractivity contribution in [2.24, 2.45) is 0 Å². The Morgan fingerprint density at radius 2 is 1.75 bits per heavy atom. The fraction of sp³-hybridized carbons (Fsp3) is 0.333. The summed E-state index contributed by atoms with van der Waals surface area (Å²) in [6, 6.07) is 12.0. The van der Waals surface area contributed by atoms with Crippen LogP contribution < -0.4 is 5.32 Å². The molecule has 2 aromatic rings. The Hall–Kier alpha value is -1.75. The highest BCUT2D eigenvalue weighted by Crippen LogP contribution is 2.24. The van der Waals surface area contributed by atoms with Gasteiger partial charge in [-0.25, -0.2) is 0 Å². The van der Waals surface area contributed by atoms with Gasteiger partial charge in [-0.05, 0) is 42.2 Å². The Labute approximate surface area is 180 Å². The highest BCUT2D eigenvalue weighted by Gasteiger charge is 2.28. The zero-order chi connectivity index (χ0) is 20.7. The van der Waals surface area contributed by atoms with E-state index >= 15 is 0 Å². The van der Waals surface area contributed by atoms with Crippen molar-refractivity contribution in [1.82, 2.24) is 10.2 Å². The van der Waals surface area contributed by atoms with E-state index in [9.17, 15) is 9.59 Å². The van der Waals surface area contributed by atoms with Gasteiger partial charge in [0.1, 0.15) is 6.04 Å². The van der Waals surface area contributed by atoms with Crippen LogP contribution in [0.4, 0.5) is 0 Å². The molecule has 0 saturated carbocycles. The van der Waals surface area contributed by atoms with Gasteiger partial charge >= 0.3 is 0 Å². The zero-order valence-corrected chi connectivity index (χ0v) is 18.1. The van der Waals surface area contributed by atoms with E-state index in [-0.39, 0.29) is 24.8 Å². The van der Waals surface area contributed by atoms with Gasteiger partial charge in [0.25, 0.3) is 0 Å². The molecule has 0 aromatic heterocycles. The number of aryl methyl sites for hydroxylation is 1. The standard InChI is InChI=1S/C21H23Cl3N2O2/c1-3-19(21(28)25-2)26(13-15-8-10-16(22)12-18(15)24)20(27)11-9-14-6-4-5-7-17(14)23/h4-8,10,12,19H,3,9,11,13H2,1-2H3,(H,25,28)/t19-/m0/s1. The minimum absolute atomic E-state index is 0.138. The van der Waals surface area contributed by atoms with Crippen LogP contribution in [0.25, 0.3) is 0 Å². The van der Waals surface area contributed by atoms with E-state index in [0.717, 1.165) is 11.1 Å². The minimum atomic E-state index is -0.588. The second-order valence-corrected chi connectivity index (χ2v) is 7.64. The molecule has 2 amide bonds. The lowest BCUT2D eigenvalue weighted by atomic mass is 10.1. The summed E-state index contributed by atoms with van der Waals surface area (Å²) >= 11 is 18.5. The van der Waals surface area contributed by atoms with Crippen LogP contribution in [-0.2, 0) is 22.6 Å². The number of amides is 2. The van der Waals surface area contributed by atoms with Crippen LogP contribution in [0.1, 0.15) is 30.9 Å². The topological polar surface area (TPSA) is 49.4 Å². The number of halogens is 3. The van der Waals surface area contributed by atoms with Crippen molar-refractivity contribution in [3.63, 3.8) is 0 Å². The van der Waals surface area contributed by atoms with Crippen molar-refractivity contribution in [3.05, 3.63) is 68.7 Å². The van der Waals surface area contributed by atoms with Crippen molar-refractivity contribution >= 4 is 46.6 Å². The molecule has 0 saturated heterocycles. The molecular weight excluding hydrogens is 419 g/mol. The first-order valence-electron chi connectivity index (χ1n) is 9.05. The van der Waals surface area contributed by atoms with Gasteiger partial charge in [-0.15, -0.1) is 0 Å². The van der Waals surface area contributed by atoms with Crippen molar-refractivity contribution in [2.75, 3.05) is 7.05 Å². The number of nitrogens with zero attached hydrogens (tertiary/aromatic N) is 1. The maximum Gasteiger partial charge on any atom is 0.242 e. The van der Waals surface area contributed by atoms with Gasteiger partial charge in [-0.2, -0.15) is 0 Å². The number of hydrogen-bond donors (Lipinski definition) is 1. The predicted molar refractivity (Wildman–Crippen MR) is 115 cm³/mol. The lowest BCUT2D eigenvalue weighted by Crippen LogP contribution is -2.48. The van der Waals surface area contributed by atoms with Crippen LogP contribution in [0, 0.1) is 0 Å². The minimum Gasteiger partial charge on any atom is -0.357 e. The molecule has 7 heteroatoms. The second-order valence-electron chi connectivity index (χ2n) is 6.39. The fourth-order valence-corrected chi connectivity index (χ4v) is 3.70. The van der Waals surface area contributed by atoms with E-state index in [0.29, 0.717) is 27.9 Å². The number of benzene rings is 2. The largest absolute Gasteiger partial charge is 0.357 e. The first kappa shape index (κ1) is 22.5. The molecule has 0 spiro atoms. The normalized spacial score (nSPS) is 11.8. The molecule has 150 valence electrons. The summed E-state index contributed by atoms with van der Waals surface area (Å²) in [5.74, 6) is -0.347. The van der Waals surface area contributed by atoms with Crippen molar-refractivity contribution < 1.29 is 9.59 Å². The third-order valence-electron chi connectivity index (χ3n) is 4.55. The lowest BCUT2D eigenvalue weighted by molar-refractivity contribution is -0.141. The number of likely N-dealkylation sites (N-methyl/N-ethyl adjacent to an activating group) is 1. The lowest BCUT2D eigenvalue weighted by Gasteiger charge is -2.30. The smallest absolute Gasteiger partial charge is 0.242 e. The molecule has 0 fully saturated rings. The van der Waals surface area contributed by atoms with E-state index in [1.54, 1.807) is 36.2 Å². The summed E-state index contributed by atoms with van der Waals surface area (Å²) in [6.07, 6.45) is 1.22. The van der Waals surface area contributed by atoms with Crippen LogP contribution in [0.2, 0.25) is 15.1 Å². The van der Waals surface area contributed by atoms with Crippen LogP contribution in [0.3, 0.4) is 0 Å². The third kappa shape index (κ3) is 5.87. The molecule has 2 rings (SSSR count). The molecule has 0 heterocycles. The van der Waals surface area contributed by atoms with E-state index in [4.69, 9.17) is 34.8 Å². The summed E-state index contributed by atoms with van der Waals surface area (Å²) < 4.78 is 0. The van der Waals surface area contributed by atoms with Gasteiger partial charge in [0.05, 0.1) is 0 Å². The van der Waals surface area contributed by atoms with E-state index in [1.165, 1.54) is 0 Å². The molecule has 28 heavy (non-hydrogen) atoms. The SMILES string of the molecule is CC[C@@H](C(=O)NC)N(Cc1ccc(Cl)cc1Cl)C(=O)CCc1ccccc1Cl. The average Bonchev–Trinajstić information content (AvgIpc) is 2.68. The first-order valence-corrected chi connectivity index (χ1v) is 10.2. The first-order chi connectivity index (χ1) is 13.4. The summed E-state index contributed by atoms with van der Waals surface area (Å²) in [6.45, 7) is 2.10. The quantitative estimate of drug-likeness (QED) is 0.617. The van der Waals surface area contributed by atoms with Gasteiger partial charge in [-0.1, -0.05) is 66.0 Å². The molecule has 0 aliphatic heterocycles. The molecule has 0 aliphatic carbocycles. The Bertz CT molecular complexity index is 842. The molecule has 0 radical (unpaired) electrons. The maximum atomic E-state index is 13.1. The predicted octanol–water partition coefficient (Wildman–Crippen LogP) is 5.13. The highest BCUT2D eigenvalue weighted by molar-refractivity contribution is 6.35. The highest BCUT2D eigenvalue weighted by atomic mass is 35.5. The second kappa shape index (κ2) is 10.7. The summed E-state index contributed by atoms with van der Waals surface area (Å²) in [5.41, 5.74) is 1.63. The van der Waals surface area contributed by atoms with Gasteiger partial charge in [0.2, 0.25) is 11.8 Å². The molecule has 0 bridgehead atoms. The van der Waals surface area contributed by atoms with Crippen molar-refractivity contribution in [3.8, 4) is 0 Å². The molecule has 0 aliphatic rings. The molecule has 4 nitrogen and oxygen atoms in total. The third-order valence-corrected chi connectivity index (χ3v) is 5.51. The van der Waals surface area contributed by atoms with Crippen LogP contribution in [-0.4, -0.2) is 29.8 Å². The monoisotopic (exact) mass is 440 g/mol. The number of nitrogens with one attached hydrogen (secondary N) is 1. The van der Waals surface area contributed by atoms with Crippen LogP contribution in [0.5, 0.6) is 0 Å². The van der Waals surface area contributed by atoms with Crippen LogP contribution >= 0.6 is 34.8 Å². The summed E-state index contributed by atoms with van der Waals surface area (Å²) in [7, 11) is 1.56. The molecule has 1 N–H and O–H groups in total. The van der Waals surface area contributed by atoms with Gasteiger partial charge in [0.15, 0.2) is 0 Å². The Kier molecular flexibility index (Phi) is 8.61. The zero-order valence-electron chi connectivity index (χ0n) is 15.8. The molecule has 2 aromatic carbocycles. The molecular formula is C21H23Cl3N2O2. The van der Waals surface area contributed by atoms with E-state index in [1.807, 2.05) is 25.1 Å². The maximum absolute atomic E-state index is 13.1. The van der Waals surface area contributed by atoms with Crippen molar-refractivity contribution in [2.45, 2.75) is 38.8 Å². The fourth-order valence-electron chi connectivity index (χ4n) is 3.01. The Balaban J connectivity index is 2.24. The van der Waals surface area contributed by atoms with Gasteiger partial charge in [-0.3, -0.25) is 9.59 Å². The van der Waals surface area contributed by atoms with E-state index < -0.39 is 6.04 Å². The van der Waals surface area contributed by atoms with Crippen LogP contribution in [0.15, 0.2) is 42.5 Å². The summed E-state index contributed by atoms with van der Waals surface area (Å²) in [5, 5.41) is 4.24. The number of rotatable bonds is 8. The Morgan fingerprint density at radius 3 is 2.36 bits per heavy atom. The Morgan fingerprint density at radius 1 is 1.04 bits per heavy atom. The van der Waals surface area contributed by atoms with E-state index in [2.05, 4.69) is 5.32 Å². The number of hydrogen-bond acceptors (Lipinski definition) is 2. The molecule has 1 atom stereocenters. The van der Waals surface area contributed by atoms with Gasteiger partial charge in [0, 0.05) is 35.1 Å². The number of carbonyl (C=O) groups excluding carboxylic acids is 2. The number of carbonyl (C=O) groups is 2.